The molecular weight excluding hydrogens is 272 g/mol. The van der Waals surface area contributed by atoms with Gasteiger partial charge in [0.1, 0.15) is 5.75 Å². The minimum Gasteiger partial charge on any atom is -0.504 e. The van der Waals surface area contributed by atoms with Gasteiger partial charge in [0.25, 0.3) is 0 Å². The van der Waals surface area contributed by atoms with Crippen molar-refractivity contribution < 1.29 is 24.5 Å². The fourth-order valence-electron chi connectivity index (χ4n) is 1.93. The van der Waals surface area contributed by atoms with Gasteiger partial charge in [-0.1, -0.05) is 0 Å². The molecule has 2 aromatic rings. The number of hydrogen-bond donors (Lipinski definition) is 2. The fourth-order valence-corrected chi connectivity index (χ4v) is 1.93. The molecule has 0 unspecified atom stereocenters. The van der Waals surface area contributed by atoms with Gasteiger partial charge in [-0.2, -0.15) is 0 Å². The molecule has 0 saturated carbocycles. The summed E-state index contributed by atoms with van der Waals surface area (Å²) in [5.41, 5.74) is 0.399. The van der Waals surface area contributed by atoms with E-state index in [-0.39, 0.29) is 11.3 Å². The number of carbonyl (C=O) groups excluding carboxylic acids is 1. The van der Waals surface area contributed by atoms with Gasteiger partial charge in [0.2, 0.25) is 5.75 Å². The third-order valence-corrected chi connectivity index (χ3v) is 3.01. The summed E-state index contributed by atoms with van der Waals surface area (Å²) in [5.74, 6) is -0.567. The molecule has 110 valence electrons. The van der Waals surface area contributed by atoms with Gasteiger partial charge in [0, 0.05) is 5.56 Å². The Balaban J connectivity index is 2.34. The van der Waals surface area contributed by atoms with Crippen molar-refractivity contribution in [1.29, 1.82) is 0 Å². The highest BCUT2D eigenvalue weighted by atomic mass is 16.5. The molecule has 0 bridgehead atoms. The third kappa shape index (κ3) is 2.91. The average molecular weight is 288 g/mol. The Morgan fingerprint density at radius 3 is 2.29 bits per heavy atom. The van der Waals surface area contributed by atoms with Crippen molar-refractivity contribution in [2.45, 2.75) is 6.92 Å². The van der Waals surface area contributed by atoms with Crippen molar-refractivity contribution in [3.05, 3.63) is 47.5 Å². The first-order valence-corrected chi connectivity index (χ1v) is 6.45. The van der Waals surface area contributed by atoms with Crippen LogP contribution in [0.25, 0.3) is 0 Å². The summed E-state index contributed by atoms with van der Waals surface area (Å²) in [6.07, 6.45) is 0. The van der Waals surface area contributed by atoms with Gasteiger partial charge in [0.05, 0.1) is 19.3 Å². The highest BCUT2D eigenvalue weighted by Crippen LogP contribution is 2.38. The Morgan fingerprint density at radius 2 is 1.71 bits per heavy atom. The number of aromatic hydroxyl groups is 2. The van der Waals surface area contributed by atoms with Crippen molar-refractivity contribution in [3.63, 3.8) is 0 Å². The van der Waals surface area contributed by atoms with E-state index >= 15 is 0 Å². The number of phenols is 2. The lowest BCUT2D eigenvalue weighted by molar-refractivity contribution is 0.103. The van der Waals surface area contributed by atoms with Crippen LogP contribution in [0, 0.1) is 0 Å². The zero-order valence-corrected chi connectivity index (χ0v) is 11.8. The Hall–Kier alpha value is -2.69. The lowest BCUT2D eigenvalue weighted by Crippen LogP contribution is -2.02. The molecule has 0 atom stereocenters. The Kier molecular flexibility index (Phi) is 4.33. The predicted molar refractivity (Wildman–Crippen MR) is 77.4 cm³/mol. The largest absolute Gasteiger partial charge is 0.504 e. The summed E-state index contributed by atoms with van der Waals surface area (Å²) in [5, 5.41) is 19.6. The molecule has 21 heavy (non-hydrogen) atoms. The first-order valence-electron chi connectivity index (χ1n) is 6.45. The van der Waals surface area contributed by atoms with E-state index in [1.807, 2.05) is 6.92 Å². The SMILES string of the molecule is CCOc1ccc(C(=O)c2ccc(OC)c(O)c2O)cc1. The van der Waals surface area contributed by atoms with Gasteiger partial charge in [-0.05, 0) is 43.3 Å². The molecule has 0 fully saturated rings. The lowest BCUT2D eigenvalue weighted by atomic mass is 10.0. The zero-order chi connectivity index (χ0) is 15.4. The van der Waals surface area contributed by atoms with E-state index in [2.05, 4.69) is 0 Å². The Morgan fingerprint density at radius 1 is 1.05 bits per heavy atom. The molecule has 0 radical (unpaired) electrons. The van der Waals surface area contributed by atoms with Crippen molar-refractivity contribution >= 4 is 5.78 Å². The fraction of sp³-hybridized carbons (Fsp3) is 0.188. The van der Waals surface area contributed by atoms with E-state index in [1.165, 1.54) is 19.2 Å². The number of benzene rings is 2. The van der Waals surface area contributed by atoms with Crippen molar-refractivity contribution in [3.8, 4) is 23.0 Å². The van der Waals surface area contributed by atoms with Crippen LogP contribution >= 0.6 is 0 Å². The molecular formula is C16H16O5. The normalized spacial score (nSPS) is 10.2. The van der Waals surface area contributed by atoms with Gasteiger partial charge in [0.15, 0.2) is 17.3 Å². The van der Waals surface area contributed by atoms with Gasteiger partial charge >= 0.3 is 0 Å². The summed E-state index contributed by atoms with van der Waals surface area (Å²) in [4.78, 5) is 12.3. The zero-order valence-electron chi connectivity index (χ0n) is 11.8. The molecule has 2 rings (SSSR count). The highest BCUT2D eigenvalue weighted by molar-refractivity contribution is 6.11. The third-order valence-electron chi connectivity index (χ3n) is 3.01. The van der Waals surface area contributed by atoms with E-state index < -0.39 is 17.3 Å². The van der Waals surface area contributed by atoms with Crippen LogP contribution in [0.15, 0.2) is 36.4 Å². The molecule has 0 amide bonds. The first-order chi connectivity index (χ1) is 10.1. The van der Waals surface area contributed by atoms with Crippen LogP contribution in [0.4, 0.5) is 0 Å². The second kappa shape index (κ2) is 6.17. The molecule has 0 saturated heterocycles. The van der Waals surface area contributed by atoms with Crippen LogP contribution in [-0.4, -0.2) is 29.7 Å². The van der Waals surface area contributed by atoms with Crippen LogP contribution in [0.2, 0.25) is 0 Å². The molecule has 2 N–H and O–H groups in total. The minimum atomic E-state index is -0.492. The topological polar surface area (TPSA) is 76.0 Å². The summed E-state index contributed by atoms with van der Waals surface area (Å²) in [6, 6.07) is 9.40. The summed E-state index contributed by atoms with van der Waals surface area (Å²) in [6.45, 7) is 2.41. The maximum absolute atomic E-state index is 12.3. The molecule has 0 spiro atoms. The number of ketones is 1. The second-order valence-electron chi connectivity index (χ2n) is 4.30. The number of hydrogen-bond acceptors (Lipinski definition) is 5. The van der Waals surface area contributed by atoms with Crippen LogP contribution in [0.3, 0.4) is 0 Å². The molecule has 0 aromatic heterocycles. The molecule has 5 nitrogen and oxygen atoms in total. The minimum absolute atomic E-state index is 0.0115. The first kappa shape index (κ1) is 14.7. The van der Waals surface area contributed by atoms with E-state index in [0.717, 1.165) is 0 Å². The average Bonchev–Trinajstić information content (AvgIpc) is 2.50. The molecule has 0 aliphatic carbocycles. The smallest absolute Gasteiger partial charge is 0.201 e. The van der Waals surface area contributed by atoms with E-state index in [0.29, 0.717) is 17.9 Å². The Bertz CT molecular complexity index is 646. The Labute approximate surface area is 122 Å². The van der Waals surface area contributed by atoms with E-state index in [1.54, 1.807) is 24.3 Å². The van der Waals surface area contributed by atoms with Gasteiger partial charge in [-0.25, -0.2) is 0 Å². The standard InChI is InChI=1S/C16H16O5/c1-3-21-11-6-4-10(5-7-11)14(17)12-8-9-13(20-2)16(19)15(12)18/h4-9,18-19H,3H2,1-2H3. The summed E-state index contributed by atoms with van der Waals surface area (Å²) >= 11 is 0. The van der Waals surface area contributed by atoms with Gasteiger partial charge in [-0.3, -0.25) is 4.79 Å². The number of rotatable bonds is 5. The monoisotopic (exact) mass is 288 g/mol. The van der Waals surface area contributed by atoms with Crippen molar-refractivity contribution in [1.82, 2.24) is 0 Å². The quantitative estimate of drug-likeness (QED) is 0.653. The predicted octanol–water partition coefficient (Wildman–Crippen LogP) is 2.74. The van der Waals surface area contributed by atoms with Crippen molar-refractivity contribution in [2.24, 2.45) is 0 Å². The van der Waals surface area contributed by atoms with Crippen LogP contribution in [-0.2, 0) is 0 Å². The number of ether oxygens (including phenoxy) is 2. The van der Waals surface area contributed by atoms with Crippen molar-refractivity contribution in [2.75, 3.05) is 13.7 Å². The van der Waals surface area contributed by atoms with E-state index in [4.69, 9.17) is 9.47 Å². The maximum atomic E-state index is 12.3. The number of phenolic OH excluding ortho intramolecular Hbond substituents is 2. The van der Waals surface area contributed by atoms with Crippen LogP contribution in [0.1, 0.15) is 22.8 Å². The molecule has 0 aliphatic heterocycles. The molecule has 0 aliphatic rings. The molecule has 5 heteroatoms. The molecule has 0 heterocycles. The highest BCUT2D eigenvalue weighted by Gasteiger charge is 2.19. The van der Waals surface area contributed by atoms with Gasteiger partial charge < -0.3 is 19.7 Å². The van der Waals surface area contributed by atoms with Gasteiger partial charge in [-0.15, -0.1) is 0 Å². The second-order valence-corrected chi connectivity index (χ2v) is 4.30. The van der Waals surface area contributed by atoms with Crippen LogP contribution < -0.4 is 9.47 Å². The number of methoxy groups -OCH3 is 1. The maximum Gasteiger partial charge on any atom is 0.201 e. The van der Waals surface area contributed by atoms with Crippen LogP contribution in [0.5, 0.6) is 23.0 Å². The summed E-state index contributed by atoms with van der Waals surface area (Å²) < 4.78 is 10.2. The number of carbonyl (C=O) groups is 1. The van der Waals surface area contributed by atoms with E-state index in [9.17, 15) is 15.0 Å². The molecule has 2 aromatic carbocycles. The lowest BCUT2D eigenvalue weighted by Gasteiger charge is -2.09. The summed E-state index contributed by atoms with van der Waals surface area (Å²) in [7, 11) is 1.36.